The number of aliphatic hydroxyl groups excluding tert-OH is 1. The molecule has 9 heteroatoms. The Morgan fingerprint density at radius 2 is 1.69 bits per heavy atom. The van der Waals surface area contributed by atoms with E-state index in [4.69, 9.17) is 9.47 Å². The van der Waals surface area contributed by atoms with Crippen LogP contribution in [0.5, 0.6) is 0 Å². The van der Waals surface area contributed by atoms with Crippen molar-refractivity contribution in [2.24, 2.45) is 11.8 Å². The van der Waals surface area contributed by atoms with Crippen LogP contribution in [0, 0.1) is 32.6 Å². The van der Waals surface area contributed by atoms with E-state index in [1.807, 2.05) is 26.0 Å². The lowest BCUT2D eigenvalue weighted by molar-refractivity contribution is -0.142. The van der Waals surface area contributed by atoms with Crippen LogP contribution in [0.4, 0.5) is 0 Å². The van der Waals surface area contributed by atoms with Gasteiger partial charge in [0.1, 0.15) is 17.9 Å². The number of hydrogen-bond acceptors (Lipinski definition) is 6. The molecule has 8 bridgehead atoms. The van der Waals surface area contributed by atoms with Gasteiger partial charge in [-0.1, -0.05) is 45.4 Å². The number of esters is 2. The highest BCUT2D eigenvalue weighted by molar-refractivity contribution is 6.17. The molecule has 268 valence electrons. The zero-order valence-corrected chi connectivity index (χ0v) is 31.1. The van der Waals surface area contributed by atoms with E-state index in [-0.39, 0.29) is 42.2 Å². The number of aliphatic hydroxyl groups is 1. The molecule has 2 aliphatic heterocycles. The highest BCUT2D eigenvalue weighted by Crippen LogP contribution is 2.49. The Morgan fingerprint density at radius 3 is 2.37 bits per heavy atom. The Kier molecular flexibility index (Phi) is 9.93. The van der Waals surface area contributed by atoms with Gasteiger partial charge in [0.05, 0.1) is 12.8 Å². The second kappa shape index (κ2) is 14.2. The minimum atomic E-state index is -0.632. The van der Waals surface area contributed by atoms with Gasteiger partial charge in [-0.15, -0.1) is 0 Å². The molecule has 9 nitrogen and oxygen atoms in total. The number of H-pyrrole nitrogens is 3. The third-order valence-electron chi connectivity index (χ3n) is 10.9. The van der Waals surface area contributed by atoms with Gasteiger partial charge in [-0.25, -0.2) is 4.79 Å². The molecule has 0 radical (unpaired) electrons. The maximum atomic E-state index is 13.5. The van der Waals surface area contributed by atoms with Crippen LogP contribution in [0.2, 0.25) is 0 Å². The Hall–Kier alpha value is -5.18. The van der Waals surface area contributed by atoms with Crippen molar-refractivity contribution in [1.29, 1.82) is 0 Å². The number of aromatic nitrogens is 3. The van der Waals surface area contributed by atoms with Gasteiger partial charge in [0.15, 0.2) is 0 Å². The standard InChI is InChI=1S/C42H50N4O5/c1-10-13-21(4)16-17-51-35(47)15-14-28-24(7)31-18-29-22(5)26(11-2)33(43-29)19-30-23(6)27(12-3)34(44-30)20-32-25(8)36-40(46-32)37(39(28)45-31)38(41(36)48)42(49)50-9/h11,16,18-20,24,28,43-46,48H,2,10,12-15,17H2,1,3-9H3/b21-16+,30-19-,31-18-,34-20-,39-37-/t24-,28-/m0/s1. The zero-order valence-electron chi connectivity index (χ0n) is 31.1. The normalized spacial score (nSPS) is 21.7. The fourth-order valence-corrected chi connectivity index (χ4v) is 7.96. The highest BCUT2D eigenvalue weighted by Gasteiger charge is 2.43. The molecule has 1 aliphatic carbocycles. The number of ether oxygens (including phenoxy) is 2. The van der Waals surface area contributed by atoms with E-state index in [1.165, 1.54) is 18.2 Å². The number of methoxy groups -OCH3 is 1. The molecule has 5 N–H and O–H groups in total. The first-order valence-corrected chi connectivity index (χ1v) is 18.0. The van der Waals surface area contributed by atoms with Gasteiger partial charge in [-0.05, 0) is 93.5 Å². The quantitative estimate of drug-likeness (QED) is 0.116. The largest absolute Gasteiger partial charge is 0.506 e. The summed E-state index contributed by atoms with van der Waals surface area (Å²) in [5.74, 6) is -1.32. The summed E-state index contributed by atoms with van der Waals surface area (Å²) in [6.45, 7) is 19.0. The van der Waals surface area contributed by atoms with Gasteiger partial charge in [0, 0.05) is 74.1 Å². The molecular weight excluding hydrogens is 640 g/mol. The molecule has 2 atom stereocenters. The average molecular weight is 691 g/mol. The summed E-state index contributed by atoms with van der Waals surface area (Å²) in [6.07, 6.45) is 13.7. The summed E-state index contributed by atoms with van der Waals surface area (Å²) in [7, 11) is 1.32. The maximum Gasteiger partial charge on any atom is 0.342 e. The fourth-order valence-electron chi connectivity index (χ4n) is 7.96. The molecule has 3 aromatic heterocycles. The number of hydrogen-bond donors (Lipinski definition) is 5. The van der Waals surface area contributed by atoms with Gasteiger partial charge < -0.3 is 34.8 Å². The third-order valence-corrected chi connectivity index (χ3v) is 10.9. The molecule has 0 saturated carbocycles. The van der Waals surface area contributed by atoms with Crippen LogP contribution >= 0.6 is 0 Å². The third kappa shape index (κ3) is 6.23. The van der Waals surface area contributed by atoms with E-state index in [0.717, 1.165) is 80.7 Å². The number of carbonyl (C=O) groups excluding carboxylic acids is 2. The molecule has 6 rings (SSSR count). The summed E-state index contributed by atoms with van der Waals surface area (Å²) in [6, 6.07) is 0. The van der Waals surface area contributed by atoms with E-state index in [9.17, 15) is 14.7 Å². The van der Waals surface area contributed by atoms with E-state index in [1.54, 1.807) is 0 Å². The number of fused-ring (bicyclic) bond motifs is 7. The van der Waals surface area contributed by atoms with E-state index in [2.05, 4.69) is 79.7 Å². The Labute approximate surface area is 299 Å². The van der Waals surface area contributed by atoms with Gasteiger partial charge in [0.2, 0.25) is 0 Å². The van der Waals surface area contributed by atoms with Crippen LogP contribution in [0.3, 0.4) is 0 Å². The van der Waals surface area contributed by atoms with Crippen molar-refractivity contribution in [3.63, 3.8) is 0 Å². The van der Waals surface area contributed by atoms with E-state index >= 15 is 0 Å². The van der Waals surface area contributed by atoms with Crippen molar-refractivity contribution >= 4 is 47.6 Å². The predicted molar refractivity (Wildman–Crippen MR) is 204 cm³/mol. The molecule has 0 unspecified atom stereocenters. The number of aromatic amines is 3. The monoisotopic (exact) mass is 690 g/mol. The van der Waals surface area contributed by atoms with E-state index in [0.29, 0.717) is 23.3 Å². The topological polar surface area (TPSA) is 132 Å². The van der Waals surface area contributed by atoms with Crippen molar-refractivity contribution in [3.8, 4) is 0 Å². The summed E-state index contributed by atoms with van der Waals surface area (Å²) in [5, 5.41) is 17.4. The number of nitrogens with one attached hydrogen (secondary N) is 4. The first kappa shape index (κ1) is 35.6. The van der Waals surface area contributed by atoms with Crippen molar-refractivity contribution in [2.75, 3.05) is 13.7 Å². The number of carbonyl (C=O) groups is 2. The van der Waals surface area contributed by atoms with Crippen LogP contribution in [-0.2, 0) is 25.5 Å². The Balaban J connectivity index is 1.57. The van der Waals surface area contributed by atoms with Crippen LogP contribution in [0.25, 0.3) is 35.6 Å². The lowest BCUT2D eigenvalue weighted by Crippen LogP contribution is -2.16. The molecule has 5 heterocycles. The Morgan fingerprint density at radius 1 is 0.961 bits per heavy atom. The minimum absolute atomic E-state index is 0.0722. The average Bonchev–Trinajstić information content (AvgIpc) is 3.84. The minimum Gasteiger partial charge on any atom is -0.506 e. The lowest BCUT2D eigenvalue weighted by Gasteiger charge is -2.18. The second-order valence-electron chi connectivity index (χ2n) is 14.0. The molecule has 0 amide bonds. The molecule has 3 aliphatic rings. The zero-order chi connectivity index (χ0) is 36.7. The molecule has 1 saturated heterocycles. The number of allylic oxidation sites excluding steroid dienone is 3. The molecule has 1 fully saturated rings. The fraction of sp³-hybridized carbons (Fsp3) is 0.381. The van der Waals surface area contributed by atoms with Crippen LogP contribution in [-0.4, -0.2) is 45.7 Å². The van der Waals surface area contributed by atoms with Crippen LogP contribution in [0.15, 0.2) is 35.2 Å². The molecule has 3 aromatic rings. The van der Waals surface area contributed by atoms with Crippen LogP contribution in [0.1, 0.15) is 110 Å². The summed E-state index contributed by atoms with van der Waals surface area (Å²) < 4.78 is 10.9. The van der Waals surface area contributed by atoms with Gasteiger partial charge in [-0.3, -0.25) is 4.79 Å². The van der Waals surface area contributed by atoms with Gasteiger partial charge in [0.25, 0.3) is 0 Å². The molecule has 0 spiro atoms. The number of rotatable bonds is 10. The smallest absolute Gasteiger partial charge is 0.342 e. The summed E-state index contributed by atoms with van der Waals surface area (Å²) >= 11 is 0. The van der Waals surface area contributed by atoms with Crippen molar-refractivity contribution < 1.29 is 24.2 Å². The molecule has 51 heavy (non-hydrogen) atoms. The molecule has 0 aromatic carbocycles. The second-order valence-corrected chi connectivity index (χ2v) is 14.0. The Bertz CT molecular complexity index is 2200. The van der Waals surface area contributed by atoms with E-state index < -0.39 is 5.97 Å². The summed E-state index contributed by atoms with van der Waals surface area (Å²) in [4.78, 5) is 37.4. The first-order chi connectivity index (χ1) is 24.4. The van der Waals surface area contributed by atoms with Crippen molar-refractivity contribution in [3.05, 3.63) is 102 Å². The predicted octanol–water partition coefficient (Wildman–Crippen LogP) is 6.91. The highest BCUT2D eigenvalue weighted by atomic mass is 16.5. The van der Waals surface area contributed by atoms with Crippen molar-refractivity contribution in [2.45, 2.75) is 80.6 Å². The SMILES string of the molecule is C=Cc1c2[nH]c(c1C)/C=C1\N/C(=C3/C(C(=O)OC)=C(O)c4c3[nH]c(c4C)/C=c3\[nH]/c(c(C)c3CC)=C\2)[C@@H](CCC(=O)OC/C=C(\C)CCC)[C@@H]1C. The van der Waals surface area contributed by atoms with Gasteiger partial charge >= 0.3 is 11.9 Å². The van der Waals surface area contributed by atoms with Crippen molar-refractivity contribution in [1.82, 2.24) is 20.3 Å². The maximum absolute atomic E-state index is 13.5. The summed E-state index contributed by atoms with van der Waals surface area (Å²) in [5.41, 5.74) is 12.7. The first-order valence-electron chi connectivity index (χ1n) is 18.0. The molecular formula is C42H50N4O5. The lowest BCUT2D eigenvalue weighted by atomic mass is 9.86. The van der Waals surface area contributed by atoms with Crippen LogP contribution < -0.4 is 16.0 Å². The van der Waals surface area contributed by atoms with Gasteiger partial charge in [-0.2, -0.15) is 0 Å².